The maximum Gasteiger partial charge on any atom is 0.360 e. The minimum Gasteiger partial charge on any atom is -0.493 e. The molecule has 0 fully saturated rings. The summed E-state index contributed by atoms with van der Waals surface area (Å²) < 4.78 is 14.9. The van der Waals surface area contributed by atoms with Gasteiger partial charge in [-0.15, -0.1) is 0 Å². The number of carbonyl (C=O) groups excluding carboxylic acids is 1. The van der Waals surface area contributed by atoms with Crippen LogP contribution in [0.25, 0.3) is 11.0 Å². The maximum atomic E-state index is 11.5. The third-order valence-corrected chi connectivity index (χ3v) is 2.58. The molecule has 2 N–H and O–H groups in total. The monoisotopic (exact) mass is 263 g/mol. The standard InChI is InChI=1S/C12H13N3O4/c1-17-8-4-6-7(5-9(8)18-2)15-11(13)10(14-6)12(16)19-3/h4-5H,1-3H3,(H2,13,15). The smallest absolute Gasteiger partial charge is 0.360 e. The van der Waals surface area contributed by atoms with E-state index in [-0.39, 0.29) is 11.5 Å². The number of anilines is 1. The van der Waals surface area contributed by atoms with Crippen LogP contribution in [0.1, 0.15) is 10.5 Å². The Bertz CT molecular complexity index is 642. The van der Waals surface area contributed by atoms with E-state index in [9.17, 15) is 4.79 Å². The second kappa shape index (κ2) is 4.97. The molecule has 0 spiro atoms. The minimum atomic E-state index is -0.637. The Balaban J connectivity index is 2.68. The van der Waals surface area contributed by atoms with Crippen LogP contribution in [0.2, 0.25) is 0 Å². The summed E-state index contributed by atoms with van der Waals surface area (Å²) in [4.78, 5) is 19.7. The van der Waals surface area contributed by atoms with Gasteiger partial charge in [0.25, 0.3) is 0 Å². The molecule has 0 amide bonds. The number of hydrogen-bond acceptors (Lipinski definition) is 7. The van der Waals surface area contributed by atoms with E-state index in [4.69, 9.17) is 15.2 Å². The van der Waals surface area contributed by atoms with Gasteiger partial charge in [0.2, 0.25) is 0 Å². The van der Waals surface area contributed by atoms with Crippen LogP contribution in [0.5, 0.6) is 11.5 Å². The third kappa shape index (κ3) is 2.22. The zero-order valence-corrected chi connectivity index (χ0v) is 10.8. The topological polar surface area (TPSA) is 96.6 Å². The molecule has 19 heavy (non-hydrogen) atoms. The van der Waals surface area contributed by atoms with Crippen molar-refractivity contribution < 1.29 is 19.0 Å². The number of rotatable bonds is 3. The minimum absolute atomic E-state index is 0.00608. The Morgan fingerprint density at radius 3 is 2.05 bits per heavy atom. The number of benzene rings is 1. The number of carbonyl (C=O) groups is 1. The second-order valence-electron chi connectivity index (χ2n) is 3.64. The molecule has 0 bridgehead atoms. The molecule has 1 heterocycles. The van der Waals surface area contributed by atoms with Crippen LogP contribution in [0, 0.1) is 0 Å². The Hall–Kier alpha value is -2.57. The molecule has 2 rings (SSSR count). The first-order chi connectivity index (χ1) is 9.10. The van der Waals surface area contributed by atoms with Gasteiger partial charge in [-0.3, -0.25) is 0 Å². The van der Waals surface area contributed by atoms with E-state index < -0.39 is 5.97 Å². The van der Waals surface area contributed by atoms with Crippen LogP contribution in [0.4, 0.5) is 5.82 Å². The number of nitrogens with zero attached hydrogens (tertiary/aromatic N) is 2. The van der Waals surface area contributed by atoms with Crippen molar-refractivity contribution in [2.24, 2.45) is 0 Å². The second-order valence-corrected chi connectivity index (χ2v) is 3.64. The quantitative estimate of drug-likeness (QED) is 0.825. The van der Waals surface area contributed by atoms with Crippen molar-refractivity contribution in [1.82, 2.24) is 9.97 Å². The first-order valence-electron chi connectivity index (χ1n) is 5.38. The molecular weight excluding hydrogens is 250 g/mol. The summed E-state index contributed by atoms with van der Waals surface area (Å²) in [7, 11) is 4.28. The molecule has 0 aliphatic heterocycles. The van der Waals surface area contributed by atoms with Gasteiger partial charge in [0.1, 0.15) is 0 Å². The van der Waals surface area contributed by atoms with Gasteiger partial charge in [-0.2, -0.15) is 0 Å². The fourth-order valence-corrected chi connectivity index (χ4v) is 1.64. The number of aromatic nitrogens is 2. The van der Waals surface area contributed by atoms with Crippen molar-refractivity contribution in [1.29, 1.82) is 0 Å². The van der Waals surface area contributed by atoms with Crippen molar-refractivity contribution >= 4 is 22.8 Å². The van der Waals surface area contributed by atoms with E-state index >= 15 is 0 Å². The predicted molar refractivity (Wildman–Crippen MR) is 68.4 cm³/mol. The first-order valence-corrected chi connectivity index (χ1v) is 5.38. The summed E-state index contributed by atoms with van der Waals surface area (Å²) in [6, 6.07) is 3.26. The maximum absolute atomic E-state index is 11.5. The number of esters is 1. The molecule has 1 aromatic carbocycles. The van der Waals surface area contributed by atoms with Crippen LogP contribution in [-0.2, 0) is 4.74 Å². The largest absolute Gasteiger partial charge is 0.493 e. The highest BCUT2D eigenvalue weighted by atomic mass is 16.5. The summed E-state index contributed by atoms with van der Waals surface area (Å²) in [5, 5.41) is 0. The highest BCUT2D eigenvalue weighted by Crippen LogP contribution is 2.31. The lowest BCUT2D eigenvalue weighted by molar-refractivity contribution is 0.0595. The average Bonchev–Trinajstić information content (AvgIpc) is 2.44. The number of nitrogens with two attached hydrogens (primary N) is 1. The van der Waals surface area contributed by atoms with Crippen molar-refractivity contribution in [3.63, 3.8) is 0 Å². The highest BCUT2D eigenvalue weighted by molar-refractivity contribution is 5.95. The summed E-state index contributed by atoms with van der Waals surface area (Å²) in [5.74, 6) is 0.368. The van der Waals surface area contributed by atoms with Crippen LogP contribution in [0.15, 0.2) is 12.1 Å². The molecule has 1 aromatic heterocycles. The Morgan fingerprint density at radius 1 is 1.05 bits per heavy atom. The van der Waals surface area contributed by atoms with Gasteiger partial charge in [-0.1, -0.05) is 0 Å². The zero-order chi connectivity index (χ0) is 14.0. The third-order valence-electron chi connectivity index (χ3n) is 2.58. The normalized spacial score (nSPS) is 10.3. The lowest BCUT2D eigenvalue weighted by atomic mass is 10.2. The molecule has 100 valence electrons. The lowest BCUT2D eigenvalue weighted by Crippen LogP contribution is -2.10. The van der Waals surface area contributed by atoms with E-state index in [1.807, 2.05) is 0 Å². The van der Waals surface area contributed by atoms with Crippen molar-refractivity contribution in [3.05, 3.63) is 17.8 Å². The molecule has 7 nitrogen and oxygen atoms in total. The van der Waals surface area contributed by atoms with Crippen LogP contribution in [-0.4, -0.2) is 37.3 Å². The van der Waals surface area contributed by atoms with Crippen LogP contribution in [0.3, 0.4) is 0 Å². The molecule has 2 aromatic rings. The van der Waals surface area contributed by atoms with E-state index in [1.165, 1.54) is 21.3 Å². The van der Waals surface area contributed by atoms with Crippen molar-refractivity contribution in [3.8, 4) is 11.5 Å². The summed E-state index contributed by atoms with van der Waals surface area (Å²) in [5.41, 5.74) is 6.62. The predicted octanol–water partition coefficient (Wildman–Crippen LogP) is 1.02. The summed E-state index contributed by atoms with van der Waals surface area (Å²) in [6.45, 7) is 0. The molecular formula is C12H13N3O4. The molecule has 0 unspecified atom stereocenters. The van der Waals surface area contributed by atoms with E-state index in [0.29, 0.717) is 22.5 Å². The van der Waals surface area contributed by atoms with Gasteiger partial charge in [-0.25, -0.2) is 14.8 Å². The SMILES string of the molecule is COC(=O)c1nc2cc(OC)c(OC)cc2nc1N. The molecule has 0 saturated heterocycles. The Labute approximate surface area is 109 Å². The fourth-order valence-electron chi connectivity index (χ4n) is 1.64. The molecule has 0 aliphatic carbocycles. The summed E-state index contributed by atoms with van der Waals surface area (Å²) in [6.07, 6.45) is 0. The number of hydrogen-bond donors (Lipinski definition) is 1. The van der Waals surface area contributed by atoms with Gasteiger partial charge in [0.15, 0.2) is 23.0 Å². The Morgan fingerprint density at radius 2 is 1.58 bits per heavy atom. The number of ether oxygens (including phenoxy) is 3. The number of nitrogen functional groups attached to an aromatic ring is 1. The van der Waals surface area contributed by atoms with Crippen molar-refractivity contribution in [2.75, 3.05) is 27.1 Å². The van der Waals surface area contributed by atoms with Gasteiger partial charge in [0, 0.05) is 12.1 Å². The highest BCUT2D eigenvalue weighted by Gasteiger charge is 2.16. The Kier molecular flexibility index (Phi) is 3.37. The fraction of sp³-hybridized carbons (Fsp3) is 0.250. The van der Waals surface area contributed by atoms with Gasteiger partial charge in [0.05, 0.1) is 32.4 Å². The summed E-state index contributed by atoms with van der Waals surface area (Å²) >= 11 is 0. The molecule has 0 aliphatic rings. The average molecular weight is 263 g/mol. The lowest BCUT2D eigenvalue weighted by Gasteiger charge is -2.09. The molecule has 7 heteroatoms. The molecule has 0 radical (unpaired) electrons. The van der Waals surface area contributed by atoms with E-state index in [2.05, 4.69) is 14.7 Å². The van der Waals surface area contributed by atoms with Crippen LogP contribution < -0.4 is 15.2 Å². The number of methoxy groups -OCH3 is 3. The van der Waals surface area contributed by atoms with E-state index in [1.54, 1.807) is 12.1 Å². The first kappa shape index (κ1) is 12.9. The van der Waals surface area contributed by atoms with Gasteiger partial charge >= 0.3 is 5.97 Å². The number of fused-ring (bicyclic) bond motifs is 1. The van der Waals surface area contributed by atoms with Crippen LogP contribution >= 0.6 is 0 Å². The van der Waals surface area contributed by atoms with Gasteiger partial charge in [-0.05, 0) is 0 Å². The molecule has 0 atom stereocenters. The van der Waals surface area contributed by atoms with Gasteiger partial charge < -0.3 is 19.9 Å². The van der Waals surface area contributed by atoms with E-state index in [0.717, 1.165) is 0 Å². The zero-order valence-electron chi connectivity index (χ0n) is 10.8. The van der Waals surface area contributed by atoms with Crippen molar-refractivity contribution in [2.45, 2.75) is 0 Å². The molecule has 0 saturated carbocycles.